The maximum absolute atomic E-state index is 3.68. The predicted molar refractivity (Wildman–Crippen MR) is 67.5 cm³/mol. The molecule has 1 saturated heterocycles. The van der Waals surface area contributed by atoms with Crippen LogP contribution in [0, 0.1) is 17.3 Å². The van der Waals surface area contributed by atoms with Crippen LogP contribution >= 0.6 is 0 Å². The molecule has 3 rings (SSSR count). The van der Waals surface area contributed by atoms with Crippen LogP contribution in [0.4, 0.5) is 0 Å². The van der Waals surface area contributed by atoms with Crippen LogP contribution in [-0.2, 0) is 0 Å². The van der Waals surface area contributed by atoms with Gasteiger partial charge in [0.05, 0.1) is 0 Å². The molecular formula is C14H26N2. The highest BCUT2D eigenvalue weighted by molar-refractivity contribution is 4.97. The molecule has 2 nitrogen and oxygen atoms in total. The van der Waals surface area contributed by atoms with Crippen molar-refractivity contribution in [3.8, 4) is 0 Å². The van der Waals surface area contributed by atoms with Crippen LogP contribution in [0.5, 0.6) is 0 Å². The molecule has 1 heterocycles. The molecular weight excluding hydrogens is 196 g/mol. The number of nitrogens with zero attached hydrogens (tertiary/aromatic N) is 1. The summed E-state index contributed by atoms with van der Waals surface area (Å²) in [7, 11) is 0. The highest BCUT2D eigenvalue weighted by atomic mass is 15.2. The highest BCUT2D eigenvalue weighted by Crippen LogP contribution is 2.52. The van der Waals surface area contributed by atoms with E-state index in [1.165, 1.54) is 51.9 Å². The molecule has 0 radical (unpaired) electrons. The average Bonchev–Trinajstić information content (AvgIpc) is 3.09. The lowest BCUT2D eigenvalue weighted by Gasteiger charge is -2.17. The second-order valence-corrected chi connectivity index (χ2v) is 6.99. The third kappa shape index (κ3) is 2.60. The SMILES string of the molecule is CC1(C)CC1CN1CCC(CNC2CC2)C1. The van der Waals surface area contributed by atoms with Gasteiger partial charge in [-0.3, -0.25) is 0 Å². The topological polar surface area (TPSA) is 15.3 Å². The molecule has 16 heavy (non-hydrogen) atoms. The summed E-state index contributed by atoms with van der Waals surface area (Å²) in [5.41, 5.74) is 0.657. The van der Waals surface area contributed by atoms with Gasteiger partial charge in [-0.1, -0.05) is 13.8 Å². The molecule has 2 aliphatic carbocycles. The summed E-state index contributed by atoms with van der Waals surface area (Å²) in [6.07, 6.45) is 5.72. The van der Waals surface area contributed by atoms with E-state index in [-0.39, 0.29) is 0 Å². The minimum absolute atomic E-state index is 0.657. The molecule has 0 amide bonds. The van der Waals surface area contributed by atoms with E-state index >= 15 is 0 Å². The third-order valence-electron chi connectivity index (χ3n) is 4.84. The Morgan fingerprint density at radius 2 is 2.00 bits per heavy atom. The lowest BCUT2D eigenvalue weighted by Crippen LogP contribution is -2.29. The zero-order chi connectivity index (χ0) is 11.2. The number of nitrogens with one attached hydrogen (secondary N) is 1. The van der Waals surface area contributed by atoms with Gasteiger partial charge in [0.15, 0.2) is 0 Å². The van der Waals surface area contributed by atoms with Gasteiger partial charge in [0.2, 0.25) is 0 Å². The predicted octanol–water partition coefficient (Wildman–Crippen LogP) is 2.11. The smallest absolute Gasteiger partial charge is 0.00683 e. The molecule has 2 unspecified atom stereocenters. The van der Waals surface area contributed by atoms with Crippen molar-refractivity contribution in [2.24, 2.45) is 17.3 Å². The van der Waals surface area contributed by atoms with Crippen molar-refractivity contribution in [1.82, 2.24) is 10.2 Å². The Kier molecular flexibility index (Phi) is 2.75. The van der Waals surface area contributed by atoms with Gasteiger partial charge in [-0.2, -0.15) is 0 Å². The van der Waals surface area contributed by atoms with Crippen LogP contribution in [0.15, 0.2) is 0 Å². The second kappa shape index (κ2) is 3.99. The third-order valence-corrected chi connectivity index (χ3v) is 4.84. The first kappa shape index (κ1) is 11.0. The van der Waals surface area contributed by atoms with Gasteiger partial charge in [0, 0.05) is 19.1 Å². The molecule has 0 bridgehead atoms. The molecule has 92 valence electrons. The summed E-state index contributed by atoms with van der Waals surface area (Å²) in [4.78, 5) is 2.71. The Labute approximate surface area is 99.8 Å². The minimum Gasteiger partial charge on any atom is -0.314 e. The van der Waals surface area contributed by atoms with Crippen LogP contribution in [0.1, 0.15) is 39.5 Å². The number of hydrogen-bond acceptors (Lipinski definition) is 2. The van der Waals surface area contributed by atoms with Crippen molar-refractivity contribution < 1.29 is 0 Å². The van der Waals surface area contributed by atoms with Crippen LogP contribution in [0.3, 0.4) is 0 Å². The molecule has 2 atom stereocenters. The Hall–Kier alpha value is -0.0800. The van der Waals surface area contributed by atoms with Gasteiger partial charge < -0.3 is 10.2 Å². The first-order valence-corrected chi connectivity index (χ1v) is 7.09. The van der Waals surface area contributed by atoms with E-state index in [0.717, 1.165) is 17.9 Å². The highest BCUT2D eigenvalue weighted by Gasteiger charge is 2.46. The van der Waals surface area contributed by atoms with Gasteiger partial charge in [-0.05, 0) is 56.0 Å². The van der Waals surface area contributed by atoms with Gasteiger partial charge >= 0.3 is 0 Å². The van der Waals surface area contributed by atoms with E-state index in [1.807, 2.05) is 0 Å². The van der Waals surface area contributed by atoms with E-state index in [1.54, 1.807) is 0 Å². The summed E-state index contributed by atoms with van der Waals surface area (Å²) in [5, 5.41) is 3.68. The lowest BCUT2D eigenvalue weighted by molar-refractivity contribution is 0.292. The van der Waals surface area contributed by atoms with Gasteiger partial charge in [-0.25, -0.2) is 0 Å². The molecule has 2 saturated carbocycles. The molecule has 2 heteroatoms. The molecule has 0 aromatic carbocycles. The van der Waals surface area contributed by atoms with E-state index in [2.05, 4.69) is 24.1 Å². The number of hydrogen-bond donors (Lipinski definition) is 1. The van der Waals surface area contributed by atoms with Crippen LogP contribution in [-0.4, -0.2) is 37.1 Å². The number of likely N-dealkylation sites (tertiary alicyclic amines) is 1. The Balaban J connectivity index is 1.36. The van der Waals surface area contributed by atoms with Gasteiger partial charge in [0.25, 0.3) is 0 Å². The van der Waals surface area contributed by atoms with Crippen LogP contribution in [0.25, 0.3) is 0 Å². The first-order valence-electron chi connectivity index (χ1n) is 7.09. The standard InChI is InChI=1S/C14H26N2/c1-14(2)7-12(14)10-16-6-5-11(9-16)8-15-13-3-4-13/h11-13,15H,3-10H2,1-2H3. The average molecular weight is 222 g/mol. The van der Waals surface area contributed by atoms with Crippen LogP contribution in [0.2, 0.25) is 0 Å². The Morgan fingerprint density at radius 3 is 2.62 bits per heavy atom. The Bertz CT molecular complexity index is 257. The lowest BCUT2D eigenvalue weighted by atomic mass is 10.1. The van der Waals surface area contributed by atoms with E-state index in [4.69, 9.17) is 0 Å². The van der Waals surface area contributed by atoms with Crippen molar-refractivity contribution in [3.05, 3.63) is 0 Å². The fraction of sp³-hybridized carbons (Fsp3) is 1.00. The second-order valence-electron chi connectivity index (χ2n) is 6.99. The fourth-order valence-electron chi connectivity index (χ4n) is 3.07. The van der Waals surface area contributed by atoms with Crippen molar-refractivity contribution >= 4 is 0 Å². The summed E-state index contributed by atoms with van der Waals surface area (Å²) in [6.45, 7) is 10.2. The molecule has 1 N–H and O–H groups in total. The maximum Gasteiger partial charge on any atom is 0.00683 e. The van der Waals surface area contributed by atoms with Gasteiger partial charge in [0.1, 0.15) is 0 Å². The maximum atomic E-state index is 3.68. The normalized spacial score (nSPS) is 37.9. The monoisotopic (exact) mass is 222 g/mol. The van der Waals surface area contributed by atoms with Gasteiger partial charge in [-0.15, -0.1) is 0 Å². The quantitative estimate of drug-likeness (QED) is 0.766. The largest absolute Gasteiger partial charge is 0.314 e. The molecule has 0 aromatic heterocycles. The Morgan fingerprint density at radius 1 is 1.25 bits per heavy atom. The van der Waals surface area contributed by atoms with Crippen molar-refractivity contribution in [2.75, 3.05) is 26.2 Å². The molecule has 3 fully saturated rings. The molecule has 0 aromatic rings. The summed E-state index contributed by atoms with van der Waals surface area (Å²) in [6, 6.07) is 0.886. The van der Waals surface area contributed by atoms with E-state index in [9.17, 15) is 0 Å². The van der Waals surface area contributed by atoms with Crippen molar-refractivity contribution in [3.63, 3.8) is 0 Å². The minimum atomic E-state index is 0.657. The van der Waals surface area contributed by atoms with E-state index in [0.29, 0.717) is 5.41 Å². The zero-order valence-corrected chi connectivity index (χ0v) is 10.8. The molecule has 0 spiro atoms. The van der Waals surface area contributed by atoms with E-state index < -0.39 is 0 Å². The fourth-order valence-corrected chi connectivity index (χ4v) is 3.07. The summed E-state index contributed by atoms with van der Waals surface area (Å²) in [5.74, 6) is 1.92. The first-order chi connectivity index (χ1) is 7.63. The number of rotatable bonds is 5. The van der Waals surface area contributed by atoms with Crippen molar-refractivity contribution in [2.45, 2.75) is 45.6 Å². The summed E-state index contributed by atoms with van der Waals surface area (Å²) < 4.78 is 0. The molecule has 3 aliphatic rings. The zero-order valence-electron chi connectivity index (χ0n) is 10.8. The molecule has 1 aliphatic heterocycles. The van der Waals surface area contributed by atoms with Crippen LogP contribution < -0.4 is 5.32 Å². The summed E-state index contributed by atoms with van der Waals surface area (Å²) >= 11 is 0. The van der Waals surface area contributed by atoms with Crippen molar-refractivity contribution in [1.29, 1.82) is 0 Å².